The summed E-state index contributed by atoms with van der Waals surface area (Å²) in [6.45, 7) is 8.78. The van der Waals surface area contributed by atoms with Crippen LogP contribution in [0.3, 0.4) is 0 Å². The Balaban J connectivity index is 3.69. The molecule has 0 aromatic heterocycles. The topological polar surface area (TPSA) is 35.5 Å². The van der Waals surface area contributed by atoms with Crippen LogP contribution in [0.4, 0.5) is 0 Å². The van der Waals surface area contributed by atoms with Gasteiger partial charge in [0.2, 0.25) is 0 Å². The molecule has 0 bridgehead atoms. The Kier molecular flexibility index (Phi) is 9.35. The SMILES string of the molecule is CCCCN(CCO)CC(C)CNC. The quantitative estimate of drug-likeness (QED) is 0.584. The van der Waals surface area contributed by atoms with Gasteiger partial charge in [-0.3, -0.25) is 0 Å². The van der Waals surface area contributed by atoms with Crippen molar-refractivity contribution < 1.29 is 5.11 Å². The predicted octanol–water partition coefficient (Wildman–Crippen LogP) is 0.936. The second kappa shape index (κ2) is 9.44. The summed E-state index contributed by atoms with van der Waals surface area (Å²) in [7, 11) is 1.99. The molecule has 0 aliphatic heterocycles. The van der Waals surface area contributed by atoms with E-state index >= 15 is 0 Å². The summed E-state index contributed by atoms with van der Waals surface area (Å²) < 4.78 is 0. The van der Waals surface area contributed by atoms with E-state index in [0.717, 1.165) is 26.2 Å². The lowest BCUT2D eigenvalue weighted by molar-refractivity contribution is 0.176. The summed E-state index contributed by atoms with van der Waals surface area (Å²) >= 11 is 0. The van der Waals surface area contributed by atoms with Gasteiger partial charge >= 0.3 is 0 Å². The van der Waals surface area contributed by atoms with Gasteiger partial charge in [0, 0.05) is 13.1 Å². The molecule has 0 aliphatic rings. The summed E-state index contributed by atoms with van der Waals surface area (Å²) in [5.41, 5.74) is 0. The van der Waals surface area contributed by atoms with Crippen LogP contribution in [0.25, 0.3) is 0 Å². The van der Waals surface area contributed by atoms with Gasteiger partial charge in [0.05, 0.1) is 6.61 Å². The van der Waals surface area contributed by atoms with Gasteiger partial charge in [0.25, 0.3) is 0 Å². The van der Waals surface area contributed by atoms with E-state index in [-0.39, 0.29) is 6.61 Å². The Bertz CT molecular complexity index is 120. The molecule has 1 atom stereocenters. The normalized spacial score (nSPS) is 13.5. The van der Waals surface area contributed by atoms with E-state index in [4.69, 9.17) is 5.11 Å². The van der Waals surface area contributed by atoms with E-state index in [1.165, 1.54) is 12.8 Å². The fourth-order valence-electron chi connectivity index (χ4n) is 1.67. The van der Waals surface area contributed by atoms with E-state index < -0.39 is 0 Å². The third kappa shape index (κ3) is 7.30. The number of rotatable bonds is 9. The highest BCUT2D eigenvalue weighted by atomic mass is 16.3. The maximum atomic E-state index is 8.92. The number of aliphatic hydroxyl groups excluding tert-OH is 1. The van der Waals surface area contributed by atoms with E-state index in [1.807, 2.05) is 7.05 Å². The standard InChI is InChI=1S/C11H26N2O/c1-4-5-6-13(7-8-14)10-11(2)9-12-3/h11-12,14H,4-10H2,1-3H3. The van der Waals surface area contributed by atoms with Gasteiger partial charge in [-0.1, -0.05) is 20.3 Å². The lowest BCUT2D eigenvalue weighted by Crippen LogP contribution is -2.35. The molecule has 0 rings (SSSR count). The smallest absolute Gasteiger partial charge is 0.0558 e. The van der Waals surface area contributed by atoms with Crippen LogP contribution in [0.1, 0.15) is 26.7 Å². The zero-order valence-electron chi connectivity index (χ0n) is 9.92. The average Bonchev–Trinajstić information content (AvgIpc) is 2.15. The van der Waals surface area contributed by atoms with Crippen molar-refractivity contribution in [2.45, 2.75) is 26.7 Å². The second-order valence-corrected chi connectivity index (χ2v) is 4.04. The molecule has 14 heavy (non-hydrogen) atoms. The lowest BCUT2D eigenvalue weighted by Gasteiger charge is -2.24. The van der Waals surface area contributed by atoms with Gasteiger partial charge in [-0.25, -0.2) is 0 Å². The molecule has 0 radical (unpaired) electrons. The molecule has 0 spiro atoms. The maximum Gasteiger partial charge on any atom is 0.0558 e. The minimum absolute atomic E-state index is 0.274. The van der Waals surface area contributed by atoms with Crippen molar-refractivity contribution in [1.29, 1.82) is 0 Å². The number of hydrogen-bond donors (Lipinski definition) is 2. The molecule has 0 heterocycles. The number of unbranched alkanes of at least 4 members (excludes halogenated alkanes) is 1. The maximum absolute atomic E-state index is 8.92. The van der Waals surface area contributed by atoms with Crippen molar-refractivity contribution in [3.8, 4) is 0 Å². The molecule has 0 amide bonds. The van der Waals surface area contributed by atoms with Gasteiger partial charge in [0.1, 0.15) is 0 Å². The molecule has 1 unspecified atom stereocenters. The Hall–Kier alpha value is -0.120. The zero-order chi connectivity index (χ0) is 10.8. The van der Waals surface area contributed by atoms with E-state index in [0.29, 0.717) is 5.92 Å². The number of hydrogen-bond acceptors (Lipinski definition) is 3. The molecule has 3 heteroatoms. The Morgan fingerprint density at radius 1 is 1.36 bits per heavy atom. The summed E-state index contributed by atoms with van der Waals surface area (Å²) in [4.78, 5) is 2.35. The van der Waals surface area contributed by atoms with E-state index in [9.17, 15) is 0 Å². The summed E-state index contributed by atoms with van der Waals surface area (Å²) in [6, 6.07) is 0. The second-order valence-electron chi connectivity index (χ2n) is 4.04. The molecular formula is C11H26N2O. The van der Waals surface area contributed by atoms with Crippen LogP contribution in [0.5, 0.6) is 0 Å². The third-order valence-electron chi connectivity index (χ3n) is 2.37. The molecular weight excluding hydrogens is 176 g/mol. The molecule has 0 aromatic rings. The zero-order valence-corrected chi connectivity index (χ0v) is 9.92. The van der Waals surface area contributed by atoms with Gasteiger partial charge in [-0.15, -0.1) is 0 Å². The molecule has 86 valence electrons. The lowest BCUT2D eigenvalue weighted by atomic mass is 10.1. The molecule has 0 aromatic carbocycles. The third-order valence-corrected chi connectivity index (χ3v) is 2.37. The van der Waals surface area contributed by atoms with Gasteiger partial charge in [-0.05, 0) is 32.5 Å². The van der Waals surface area contributed by atoms with Crippen LogP contribution in [-0.2, 0) is 0 Å². The first kappa shape index (κ1) is 13.9. The van der Waals surface area contributed by atoms with E-state index in [1.54, 1.807) is 0 Å². The first-order valence-electron chi connectivity index (χ1n) is 5.72. The van der Waals surface area contributed by atoms with Crippen molar-refractivity contribution in [1.82, 2.24) is 10.2 Å². The van der Waals surface area contributed by atoms with Gasteiger partial charge in [-0.2, -0.15) is 0 Å². The number of aliphatic hydroxyl groups is 1. The molecule has 0 saturated heterocycles. The van der Waals surface area contributed by atoms with Crippen LogP contribution in [0.2, 0.25) is 0 Å². The Labute approximate surface area is 88.5 Å². The highest BCUT2D eigenvalue weighted by Gasteiger charge is 2.08. The van der Waals surface area contributed by atoms with Crippen molar-refractivity contribution in [2.24, 2.45) is 5.92 Å². The minimum Gasteiger partial charge on any atom is -0.395 e. The van der Waals surface area contributed by atoms with Crippen LogP contribution < -0.4 is 5.32 Å². The van der Waals surface area contributed by atoms with Crippen molar-refractivity contribution in [2.75, 3.05) is 39.8 Å². The monoisotopic (exact) mass is 202 g/mol. The highest BCUT2D eigenvalue weighted by Crippen LogP contribution is 2.01. The highest BCUT2D eigenvalue weighted by molar-refractivity contribution is 4.63. The molecule has 3 nitrogen and oxygen atoms in total. The average molecular weight is 202 g/mol. The van der Waals surface area contributed by atoms with Gasteiger partial charge in [0.15, 0.2) is 0 Å². The molecule has 0 fully saturated rings. The minimum atomic E-state index is 0.274. The fraction of sp³-hybridized carbons (Fsp3) is 1.00. The predicted molar refractivity (Wildman–Crippen MR) is 61.5 cm³/mol. The molecule has 0 saturated carbocycles. The van der Waals surface area contributed by atoms with Crippen LogP contribution >= 0.6 is 0 Å². The number of nitrogens with one attached hydrogen (secondary N) is 1. The van der Waals surface area contributed by atoms with Crippen LogP contribution in [0.15, 0.2) is 0 Å². The first-order valence-corrected chi connectivity index (χ1v) is 5.72. The summed E-state index contributed by atoms with van der Waals surface area (Å²) in [6.07, 6.45) is 2.45. The Morgan fingerprint density at radius 2 is 2.07 bits per heavy atom. The van der Waals surface area contributed by atoms with Crippen molar-refractivity contribution in [3.63, 3.8) is 0 Å². The molecule has 2 N–H and O–H groups in total. The summed E-state index contributed by atoms with van der Waals surface area (Å²) in [5.74, 6) is 0.656. The molecule has 0 aliphatic carbocycles. The fourth-order valence-corrected chi connectivity index (χ4v) is 1.67. The van der Waals surface area contributed by atoms with Gasteiger partial charge < -0.3 is 15.3 Å². The number of nitrogens with zero attached hydrogens (tertiary/aromatic N) is 1. The largest absolute Gasteiger partial charge is 0.395 e. The van der Waals surface area contributed by atoms with Crippen molar-refractivity contribution in [3.05, 3.63) is 0 Å². The van der Waals surface area contributed by atoms with Crippen LogP contribution in [-0.4, -0.2) is 49.8 Å². The summed E-state index contributed by atoms with van der Waals surface area (Å²) in [5, 5.41) is 12.1. The Morgan fingerprint density at radius 3 is 2.57 bits per heavy atom. The van der Waals surface area contributed by atoms with E-state index in [2.05, 4.69) is 24.1 Å². The first-order chi connectivity index (χ1) is 6.74. The van der Waals surface area contributed by atoms with Crippen LogP contribution in [0, 0.1) is 5.92 Å². The van der Waals surface area contributed by atoms with Crippen molar-refractivity contribution >= 4 is 0 Å².